The van der Waals surface area contributed by atoms with E-state index >= 15 is 0 Å². The van der Waals surface area contributed by atoms with Gasteiger partial charge in [0.05, 0.1) is 42.5 Å². The van der Waals surface area contributed by atoms with Crippen molar-refractivity contribution in [1.82, 2.24) is 19.9 Å². The number of hydrogen-bond acceptors (Lipinski definition) is 6. The zero-order valence-electron chi connectivity index (χ0n) is 21.8. The summed E-state index contributed by atoms with van der Waals surface area (Å²) < 4.78 is 0. The van der Waals surface area contributed by atoms with Gasteiger partial charge in [-0.15, -0.1) is 22.7 Å². The highest BCUT2D eigenvalue weighted by Crippen LogP contribution is 2.39. The van der Waals surface area contributed by atoms with Gasteiger partial charge >= 0.3 is 0 Å². The minimum absolute atomic E-state index is 0.962. The molecule has 0 unspecified atom stereocenters. The molecule has 0 aliphatic heterocycles. The molecule has 0 fully saturated rings. The molecule has 4 nitrogen and oxygen atoms in total. The number of thiazole rings is 2. The Morgan fingerprint density at radius 1 is 0.475 bits per heavy atom. The first-order valence-corrected chi connectivity index (χ1v) is 14.8. The minimum Gasteiger partial charge on any atom is -0.249 e. The van der Waals surface area contributed by atoms with E-state index in [4.69, 9.17) is 9.97 Å². The van der Waals surface area contributed by atoms with Crippen LogP contribution in [-0.2, 0) is 0 Å². The average Bonchev–Trinajstić information content (AvgIpc) is 3.64. The van der Waals surface area contributed by atoms with E-state index in [1.807, 2.05) is 26.2 Å². The lowest BCUT2D eigenvalue weighted by Crippen LogP contribution is -1.91. The largest absolute Gasteiger partial charge is 0.249 e. The Bertz CT molecular complexity index is 1980. The summed E-state index contributed by atoms with van der Waals surface area (Å²) in [5.41, 5.74) is 6.10. The number of pyridine rings is 2. The first-order valence-electron chi connectivity index (χ1n) is 13.1. The molecule has 0 saturated heterocycles. The maximum absolute atomic E-state index is 5.00. The van der Waals surface area contributed by atoms with Crippen LogP contribution in [0.2, 0.25) is 0 Å². The number of hydrogen-bond donors (Lipinski definition) is 0. The van der Waals surface area contributed by atoms with E-state index in [2.05, 4.69) is 94.9 Å². The van der Waals surface area contributed by atoms with Gasteiger partial charge in [0, 0.05) is 23.5 Å². The van der Waals surface area contributed by atoms with Crippen LogP contribution in [0, 0.1) is 13.8 Å². The Morgan fingerprint density at radius 2 is 0.850 bits per heavy atom. The van der Waals surface area contributed by atoms with E-state index in [9.17, 15) is 0 Å². The summed E-state index contributed by atoms with van der Waals surface area (Å²) in [5.74, 6) is 0. The molecule has 4 aromatic heterocycles. The zero-order chi connectivity index (χ0) is 26.8. The highest BCUT2D eigenvalue weighted by molar-refractivity contribution is 7.15. The van der Waals surface area contributed by atoms with Crippen molar-refractivity contribution >= 4 is 55.0 Å². The molecule has 8 rings (SSSR count). The van der Waals surface area contributed by atoms with Crippen molar-refractivity contribution in [3.05, 3.63) is 107 Å². The summed E-state index contributed by atoms with van der Waals surface area (Å²) in [5, 5.41) is 9.57. The van der Waals surface area contributed by atoms with Gasteiger partial charge < -0.3 is 0 Å². The maximum atomic E-state index is 5.00. The molecule has 0 N–H and O–H groups in total. The maximum Gasteiger partial charge on any atom is 0.0901 e. The molecular weight excluding hydrogens is 529 g/mol. The molecule has 0 aliphatic rings. The van der Waals surface area contributed by atoms with Crippen LogP contribution in [0.1, 0.15) is 10.0 Å². The summed E-state index contributed by atoms with van der Waals surface area (Å²) in [6.45, 7) is 4.05. The number of aryl methyl sites for hydroxylation is 2. The number of nitrogens with zero attached hydrogens (tertiary/aromatic N) is 4. The van der Waals surface area contributed by atoms with Crippen LogP contribution in [0.15, 0.2) is 97.3 Å². The molecule has 8 aromatic rings. The van der Waals surface area contributed by atoms with Crippen molar-refractivity contribution in [2.24, 2.45) is 0 Å². The van der Waals surface area contributed by atoms with Crippen LogP contribution in [0.25, 0.3) is 76.0 Å². The standard InChI is InChI=1S/C34H22N4S2/c1-19-35-17-31(39-19)29-7-3-5-27(37-29)25-13-21-9-11-23-15-26(16-24-12-10-22(14-25)33(21)34(23)24)28-6-4-8-30(38-28)32-18-36-20(2)40-32/h3-18H,1-2H3. The monoisotopic (exact) mass is 550 g/mol. The molecule has 4 heterocycles. The van der Waals surface area contributed by atoms with Crippen molar-refractivity contribution in [2.75, 3.05) is 0 Å². The fourth-order valence-electron chi connectivity index (χ4n) is 5.56. The van der Waals surface area contributed by atoms with Crippen LogP contribution in [0.5, 0.6) is 0 Å². The van der Waals surface area contributed by atoms with Gasteiger partial charge in [-0.25, -0.2) is 19.9 Å². The third-order valence-electron chi connectivity index (χ3n) is 7.37. The average molecular weight is 551 g/mol. The lowest BCUT2D eigenvalue weighted by Gasteiger charge is -2.14. The van der Waals surface area contributed by atoms with Gasteiger partial charge in [-0.05, 0) is 94.7 Å². The molecule has 0 amide bonds. The molecule has 6 heteroatoms. The predicted octanol–water partition coefficient (Wildman–Crippen LogP) is 9.57. The molecule has 0 radical (unpaired) electrons. The van der Waals surface area contributed by atoms with Crippen LogP contribution in [-0.4, -0.2) is 19.9 Å². The van der Waals surface area contributed by atoms with Crippen LogP contribution in [0.3, 0.4) is 0 Å². The van der Waals surface area contributed by atoms with E-state index in [-0.39, 0.29) is 0 Å². The smallest absolute Gasteiger partial charge is 0.0901 e. The molecule has 0 saturated carbocycles. The van der Waals surface area contributed by atoms with Gasteiger partial charge in [0.15, 0.2) is 0 Å². The second-order valence-electron chi connectivity index (χ2n) is 10.0. The topological polar surface area (TPSA) is 51.6 Å². The van der Waals surface area contributed by atoms with Gasteiger partial charge in [-0.1, -0.05) is 36.4 Å². The van der Waals surface area contributed by atoms with Crippen molar-refractivity contribution in [3.63, 3.8) is 0 Å². The normalized spacial score (nSPS) is 11.8. The third kappa shape index (κ3) is 3.87. The summed E-state index contributed by atoms with van der Waals surface area (Å²) in [6.07, 6.45) is 3.82. The fraction of sp³-hybridized carbons (Fsp3) is 0.0588. The molecule has 40 heavy (non-hydrogen) atoms. The summed E-state index contributed by atoms with van der Waals surface area (Å²) in [6, 6.07) is 30.4. The van der Waals surface area contributed by atoms with Crippen molar-refractivity contribution in [1.29, 1.82) is 0 Å². The van der Waals surface area contributed by atoms with Crippen molar-refractivity contribution in [3.8, 4) is 43.7 Å². The van der Waals surface area contributed by atoms with Gasteiger partial charge in [-0.2, -0.15) is 0 Å². The molecule has 0 atom stereocenters. The quantitative estimate of drug-likeness (QED) is 0.205. The van der Waals surface area contributed by atoms with Gasteiger partial charge in [-0.3, -0.25) is 0 Å². The highest BCUT2D eigenvalue weighted by Gasteiger charge is 2.14. The molecular formula is C34H22N4S2. The number of rotatable bonds is 4. The second-order valence-corrected chi connectivity index (χ2v) is 12.5. The minimum atomic E-state index is 0.962. The number of benzene rings is 4. The summed E-state index contributed by atoms with van der Waals surface area (Å²) in [4.78, 5) is 21.0. The zero-order valence-corrected chi connectivity index (χ0v) is 23.5. The fourth-order valence-corrected chi connectivity index (χ4v) is 7.05. The molecule has 0 aliphatic carbocycles. The third-order valence-corrected chi connectivity index (χ3v) is 9.24. The van der Waals surface area contributed by atoms with E-state index < -0.39 is 0 Å². The summed E-state index contributed by atoms with van der Waals surface area (Å²) in [7, 11) is 0. The second kappa shape index (κ2) is 9.01. The lowest BCUT2D eigenvalue weighted by atomic mass is 9.90. The highest BCUT2D eigenvalue weighted by atomic mass is 32.1. The van der Waals surface area contributed by atoms with Crippen LogP contribution in [0.4, 0.5) is 0 Å². The van der Waals surface area contributed by atoms with Crippen LogP contribution < -0.4 is 0 Å². The van der Waals surface area contributed by atoms with Crippen molar-refractivity contribution < 1.29 is 0 Å². The van der Waals surface area contributed by atoms with E-state index in [0.717, 1.165) is 53.7 Å². The Hall–Kier alpha value is -4.52. The van der Waals surface area contributed by atoms with E-state index in [1.54, 1.807) is 22.7 Å². The molecule has 4 aromatic carbocycles. The predicted molar refractivity (Wildman–Crippen MR) is 168 cm³/mol. The Morgan fingerprint density at radius 3 is 1.20 bits per heavy atom. The van der Waals surface area contributed by atoms with E-state index in [1.165, 1.54) is 32.3 Å². The van der Waals surface area contributed by atoms with Crippen molar-refractivity contribution in [2.45, 2.75) is 13.8 Å². The molecule has 190 valence electrons. The Balaban J connectivity index is 1.24. The first kappa shape index (κ1) is 23.4. The number of aromatic nitrogens is 4. The first-order chi connectivity index (χ1) is 19.6. The lowest BCUT2D eigenvalue weighted by molar-refractivity contribution is 1.29. The van der Waals surface area contributed by atoms with Gasteiger partial charge in [0.2, 0.25) is 0 Å². The van der Waals surface area contributed by atoms with Gasteiger partial charge in [0.25, 0.3) is 0 Å². The Kier molecular flexibility index (Phi) is 5.27. The Labute approximate surface area is 239 Å². The van der Waals surface area contributed by atoms with Gasteiger partial charge in [0.1, 0.15) is 0 Å². The van der Waals surface area contributed by atoms with Crippen LogP contribution >= 0.6 is 22.7 Å². The SMILES string of the molecule is Cc1ncc(-c2cccc(-c3cc4ccc5cc(-c6cccc(-c7cnc(C)s7)n6)cc6ccc(c3)c4c56)n2)s1. The summed E-state index contributed by atoms with van der Waals surface area (Å²) >= 11 is 3.35. The molecule has 0 spiro atoms. The molecule has 0 bridgehead atoms. The van der Waals surface area contributed by atoms with E-state index in [0.29, 0.717) is 0 Å².